The van der Waals surface area contributed by atoms with Crippen LogP contribution < -0.4 is 20.1 Å². The minimum absolute atomic E-state index is 0.216. The van der Waals surface area contributed by atoms with E-state index in [1.165, 1.54) is 0 Å². The highest BCUT2D eigenvalue weighted by Gasteiger charge is 2.05. The molecule has 19 heavy (non-hydrogen) atoms. The SMILES string of the molecule is CCCCCNC(=O)Nc1cc(OC)cc(OC)c1. The number of carbonyl (C=O) groups is 1. The number of carbonyl (C=O) groups excluding carboxylic acids is 1. The molecular weight excluding hydrogens is 244 g/mol. The number of hydrogen-bond donors (Lipinski definition) is 2. The largest absolute Gasteiger partial charge is 0.497 e. The molecule has 0 aliphatic carbocycles. The number of anilines is 1. The summed E-state index contributed by atoms with van der Waals surface area (Å²) in [6, 6.07) is 5.03. The third-order valence-corrected chi connectivity index (χ3v) is 2.68. The second-order valence-electron chi connectivity index (χ2n) is 4.19. The van der Waals surface area contributed by atoms with E-state index >= 15 is 0 Å². The molecule has 0 spiro atoms. The first-order valence-electron chi connectivity index (χ1n) is 6.47. The third-order valence-electron chi connectivity index (χ3n) is 2.68. The molecule has 2 N–H and O–H groups in total. The van der Waals surface area contributed by atoms with Gasteiger partial charge in [0, 0.05) is 30.4 Å². The lowest BCUT2D eigenvalue weighted by molar-refractivity contribution is 0.252. The summed E-state index contributed by atoms with van der Waals surface area (Å²) in [6.45, 7) is 2.81. The predicted octanol–water partition coefficient (Wildman–Crippen LogP) is 3.02. The van der Waals surface area contributed by atoms with Gasteiger partial charge in [0.05, 0.1) is 14.2 Å². The molecule has 0 aliphatic heterocycles. The van der Waals surface area contributed by atoms with E-state index in [0.717, 1.165) is 19.3 Å². The summed E-state index contributed by atoms with van der Waals surface area (Å²) in [5, 5.41) is 5.57. The number of amides is 2. The maximum absolute atomic E-state index is 11.7. The van der Waals surface area contributed by atoms with Crippen LogP contribution in [0.25, 0.3) is 0 Å². The van der Waals surface area contributed by atoms with Gasteiger partial charge in [0.15, 0.2) is 0 Å². The summed E-state index contributed by atoms with van der Waals surface area (Å²) < 4.78 is 10.3. The number of unbranched alkanes of at least 4 members (excludes halogenated alkanes) is 2. The molecule has 106 valence electrons. The Hall–Kier alpha value is -1.91. The monoisotopic (exact) mass is 266 g/mol. The maximum Gasteiger partial charge on any atom is 0.319 e. The molecule has 0 unspecified atom stereocenters. The zero-order valence-corrected chi connectivity index (χ0v) is 11.8. The van der Waals surface area contributed by atoms with Crippen LogP contribution in [0, 0.1) is 0 Å². The van der Waals surface area contributed by atoms with Crippen molar-refractivity contribution in [2.24, 2.45) is 0 Å². The lowest BCUT2D eigenvalue weighted by Gasteiger charge is -2.10. The van der Waals surface area contributed by atoms with Crippen molar-refractivity contribution >= 4 is 11.7 Å². The number of benzene rings is 1. The van der Waals surface area contributed by atoms with Gasteiger partial charge in [-0.1, -0.05) is 19.8 Å². The van der Waals surface area contributed by atoms with Crippen molar-refractivity contribution in [2.75, 3.05) is 26.1 Å². The number of methoxy groups -OCH3 is 2. The highest BCUT2D eigenvalue weighted by atomic mass is 16.5. The molecule has 0 aliphatic rings. The van der Waals surface area contributed by atoms with Gasteiger partial charge in [0.1, 0.15) is 11.5 Å². The van der Waals surface area contributed by atoms with Crippen LogP contribution in [0.15, 0.2) is 18.2 Å². The zero-order valence-electron chi connectivity index (χ0n) is 11.8. The summed E-state index contributed by atoms with van der Waals surface area (Å²) in [5.41, 5.74) is 0.643. The molecule has 5 nitrogen and oxygen atoms in total. The van der Waals surface area contributed by atoms with Gasteiger partial charge in [0.25, 0.3) is 0 Å². The number of ether oxygens (including phenoxy) is 2. The lowest BCUT2D eigenvalue weighted by atomic mass is 10.2. The van der Waals surface area contributed by atoms with Gasteiger partial charge in [-0.2, -0.15) is 0 Å². The highest BCUT2D eigenvalue weighted by molar-refractivity contribution is 5.89. The van der Waals surface area contributed by atoms with Crippen molar-refractivity contribution in [2.45, 2.75) is 26.2 Å². The van der Waals surface area contributed by atoms with Crippen LogP contribution in [0.2, 0.25) is 0 Å². The van der Waals surface area contributed by atoms with Crippen molar-refractivity contribution in [1.29, 1.82) is 0 Å². The number of hydrogen-bond acceptors (Lipinski definition) is 3. The molecule has 0 saturated heterocycles. The van der Waals surface area contributed by atoms with Crippen molar-refractivity contribution in [3.63, 3.8) is 0 Å². The molecule has 0 bridgehead atoms. The number of nitrogens with one attached hydrogen (secondary N) is 2. The van der Waals surface area contributed by atoms with Crippen LogP contribution in [0.4, 0.5) is 10.5 Å². The molecule has 0 heterocycles. The van der Waals surface area contributed by atoms with Crippen LogP contribution in [0.5, 0.6) is 11.5 Å². The Morgan fingerprint density at radius 3 is 2.26 bits per heavy atom. The van der Waals surface area contributed by atoms with Crippen LogP contribution >= 0.6 is 0 Å². The first-order valence-corrected chi connectivity index (χ1v) is 6.47. The van der Waals surface area contributed by atoms with Crippen molar-refractivity contribution < 1.29 is 14.3 Å². The van der Waals surface area contributed by atoms with E-state index in [2.05, 4.69) is 17.6 Å². The van der Waals surface area contributed by atoms with Crippen LogP contribution in [0.3, 0.4) is 0 Å². The molecule has 1 aromatic rings. The average Bonchev–Trinajstić information content (AvgIpc) is 2.43. The van der Waals surface area contributed by atoms with E-state index in [1.807, 2.05) is 0 Å². The quantitative estimate of drug-likeness (QED) is 0.746. The molecule has 2 amide bonds. The Morgan fingerprint density at radius 1 is 1.11 bits per heavy atom. The standard InChI is InChI=1S/C14H22N2O3/c1-4-5-6-7-15-14(17)16-11-8-12(18-2)10-13(9-11)19-3/h8-10H,4-7H2,1-3H3,(H2,15,16,17). The van der Waals surface area contributed by atoms with Crippen molar-refractivity contribution in [1.82, 2.24) is 5.32 Å². The molecule has 1 rings (SSSR count). The van der Waals surface area contributed by atoms with Crippen LogP contribution in [-0.2, 0) is 0 Å². The Labute approximate surface area is 114 Å². The van der Waals surface area contributed by atoms with Gasteiger partial charge in [-0.05, 0) is 6.42 Å². The molecule has 1 aromatic carbocycles. The Balaban J connectivity index is 2.53. The minimum atomic E-state index is -0.216. The summed E-state index contributed by atoms with van der Waals surface area (Å²) in [7, 11) is 3.15. The van der Waals surface area contributed by atoms with E-state index in [9.17, 15) is 4.79 Å². The Morgan fingerprint density at radius 2 is 1.74 bits per heavy atom. The van der Waals surface area contributed by atoms with Gasteiger partial charge >= 0.3 is 6.03 Å². The van der Waals surface area contributed by atoms with E-state index in [1.54, 1.807) is 32.4 Å². The topological polar surface area (TPSA) is 59.6 Å². The first kappa shape index (κ1) is 15.1. The lowest BCUT2D eigenvalue weighted by Crippen LogP contribution is -2.29. The van der Waals surface area contributed by atoms with Gasteiger partial charge < -0.3 is 20.1 Å². The van der Waals surface area contributed by atoms with E-state index in [0.29, 0.717) is 23.7 Å². The number of rotatable bonds is 7. The van der Waals surface area contributed by atoms with Gasteiger partial charge in [-0.3, -0.25) is 0 Å². The van der Waals surface area contributed by atoms with Crippen LogP contribution in [0.1, 0.15) is 26.2 Å². The predicted molar refractivity (Wildman–Crippen MR) is 76.1 cm³/mol. The van der Waals surface area contributed by atoms with Gasteiger partial charge in [-0.15, -0.1) is 0 Å². The molecule has 0 aromatic heterocycles. The van der Waals surface area contributed by atoms with Crippen molar-refractivity contribution in [3.05, 3.63) is 18.2 Å². The normalized spacial score (nSPS) is 9.84. The fraction of sp³-hybridized carbons (Fsp3) is 0.500. The Bertz CT molecular complexity index is 385. The average molecular weight is 266 g/mol. The summed E-state index contributed by atoms with van der Waals surface area (Å²) in [5.74, 6) is 1.28. The number of urea groups is 1. The molecular formula is C14H22N2O3. The molecule has 0 radical (unpaired) electrons. The fourth-order valence-electron chi connectivity index (χ4n) is 1.63. The van der Waals surface area contributed by atoms with Gasteiger partial charge in [0.2, 0.25) is 0 Å². The molecule has 0 atom stereocenters. The molecule has 0 saturated carbocycles. The van der Waals surface area contributed by atoms with Gasteiger partial charge in [-0.25, -0.2) is 4.79 Å². The summed E-state index contributed by atoms with van der Waals surface area (Å²) >= 11 is 0. The van der Waals surface area contributed by atoms with Crippen molar-refractivity contribution in [3.8, 4) is 11.5 Å². The van der Waals surface area contributed by atoms with E-state index in [-0.39, 0.29) is 6.03 Å². The summed E-state index contributed by atoms with van der Waals surface area (Å²) in [4.78, 5) is 11.7. The maximum atomic E-state index is 11.7. The molecule has 5 heteroatoms. The second-order valence-corrected chi connectivity index (χ2v) is 4.19. The second kappa shape index (κ2) is 8.24. The molecule has 0 fully saturated rings. The van der Waals surface area contributed by atoms with E-state index < -0.39 is 0 Å². The third kappa shape index (κ3) is 5.50. The zero-order chi connectivity index (χ0) is 14.1. The van der Waals surface area contributed by atoms with E-state index in [4.69, 9.17) is 9.47 Å². The minimum Gasteiger partial charge on any atom is -0.497 e. The fourth-order valence-corrected chi connectivity index (χ4v) is 1.63. The Kier molecular flexibility index (Phi) is 6.57. The van der Waals surface area contributed by atoms with Crippen LogP contribution in [-0.4, -0.2) is 26.8 Å². The smallest absolute Gasteiger partial charge is 0.319 e. The summed E-state index contributed by atoms with van der Waals surface area (Å²) in [6.07, 6.45) is 3.25. The first-order chi connectivity index (χ1) is 9.19. The highest BCUT2D eigenvalue weighted by Crippen LogP contribution is 2.25.